The highest BCUT2D eigenvalue weighted by molar-refractivity contribution is 9.10. The van der Waals surface area contributed by atoms with Crippen molar-refractivity contribution in [2.45, 2.75) is 5.03 Å². The normalized spacial score (nSPS) is 11.4. The van der Waals surface area contributed by atoms with Gasteiger partial charge in [-0.25, -0.2) is 4.68 Å². The number of non-ortho nitro benzene ring substituents is 1. The molecule has 1 aromatic carbocycles. The van der Waals surface area contributed by atoms with E-state index >= 15 is 0 Å². The van der Waals surface area contributed by atoms with E-state index in [1.54, 1.807) is 0 Å². The Hall–Kier alpha value is -1.53. The summed E-state index contributed by atoms with van der Waals surface area (Å²) in [6, 6.07) is 3.75. The fourth-order valence-corrected chi connectivity index (χ4v) is 4.15. The van der Waals surface area contributed by atoms with Gasteiger partial charge in [0, 0.05) is 23.7 Å². The second kappa shape index (κ2) is 5.69. The van der Waals surface area contributed by atoms with Crippen molar-refractivity contribution in [3.63, 3.8) is 0 Å². The zero-order valence-corrected chi connectivity index (χ0v) is 14.3. The van der Waals surface area contributed by atoms with E-state index in [2.05, 4.69) is 46.9 Å². The summed E-state index contributed by atoms with van der Waals surface area (Å²) in [7, 11) is -2.60. The highest BCUT2D eigenvalue weighted by atomic mass is 79.9. The number of aromatic nitrogens is 3. The summed E-state index contributed by atoms with van der Waals surface area (Å²) < 4.78 is 28.3. The van der Waals surface area contributed by atoms with E-state index in [1.165, 1.54) is 19.2 Å². The lowest BCUT2D eigenvalue weighted by atomic mass is 10.3. The largest absolute Gasteiger partial charge is 0.281 e. The van der Waals surface area contributed by atoms with Gasteiger partial charge in [0.05, 0.1) is 10.6 Å². The van der Waals surface area contributed by atoms with E-state index in [1.807, 2.05) is 0 Å². The molecule has 12 heteroatoms. The Labute approximate surface area is 135 Å². The number of aryl methyl sites for hydroxylation is 1. The minimum atomic E-state index is -4.01. The van der Waals surface area contributed by atoms with Crippen molar-refractivity contribution in [3.8, 4) is 0 Å². The van der Waals surface area contributed by atoms with Gasteiger partial charge in [-0.3, -0.25) is 14.8 Å². The van der Waals surface area contributed by atoms with Crippen LogP contribution < -0.4 is 4.72 Å². The molecule has 0 atom stereocenters. The molecule has 9 nitrogen and oxygen atoms in total. The van der Waals surface area contributed by atoms with E-state index in [9.17, 15) is 18.5 Å². The average Bonchev–Trinajstić information content (AvgIpc) is 2.71. The lowest BCUT2D eigenvalue weighted by Crippen LogP contribution is -2.17. The van der Waals surface area contributed by atoms with E-state index in [4.69, 9.17) is 0 Å². The first-order valence-corrected chi connectivity index (χ1v) is 8.31. The summed E-state index contributed by atoms with van der Waals surface area (Å²) in [4.78, 5) is 10.1. The molecule has 21 heavy (non-hydrogen) atoms. The molecule has 112 valence electrons. The Balaban J connectivity index is 2.46. The Bertz CT molecular complexity index is 800. The van der Waals surface area contributed by atoms with Gasteiger partial charge in [0.25, 0.3) is 15.7 Å². The molecule has 0 amide bonds. The number of anilines is 1. The van der Waals surface area contributed by atoms with Crippen molar-refractivity contribution in [2.75, 3.05) is 4.72 Å². The van der Waals surface area contributed by atoms with Crippen molar-refractivity contribution >= 4 is 53.3 Å². The molecular weight excluding hydrogens is 434 g/mol. The molecule has 0 bridgehead atoms. The van der Waals surface area contributed by atoms with E-state index in [0.29, 0.717) is 4.47 Å². The topological polar surface area (TPSA) is 120 Å². The Morgan fingerprint density at radius 3 is 2.57 bits per heavy atom. The summed E-state index contributed by atoms with van der Waals surface area (Å²) in [5.74, 6) is 0. The van der Waals surface area contributed by atoms with Gasteiger partial charge in [-0.2, -0.15) is 8.42 Å². The third-order valence-corrected chi connectivity index (χ3v) is 5.34. The molecule has 0 saturated heterocycles. The van der Waals surface area contributed by atoms with Crippen LogP contribution in [0.25, 0.3) is 0 Å². The van der Waals surface area contributed by atoms with Gasteiger partial charge in [0.1, 0.15) is 0 Å². The molecule has 2 aromatic rings. The van der Waals surface area contributed by atoms with Gasteiger partial charge in [-0.1, -0.05) is 5.21 Å². The summed E-state index contributed by atoms with van der Waals surface area (Å²) in [5, 5.41) is 17.7. The number of nitrogens with one attached hydrogen (secondary N) is 1. The molecule has 0 spiro atoms. The van der Waals surface area contributed by atoms with Crippen LogP contribution in [-0.4, -0.2) is 28.3 Å². The molecule has 0 aliphatic rings. The zero-order valence-electron chi connectivity index (χ0n) is 10.3. The van der Waals surface area contributed by atoms with Crippen LogP contribution in [0.2, 0.25) is 0 Å². The van der Waals surface area contributed by atoms with Gasteiger partial charge >= 0.3 is 0 Å². The van der Waals surface area contributed by atoms with Crippen LogP contribution in [0.3, 0.4) is 0 Å². The van der Waals surface area contributed by atoms with Crippen molar-refractivity contribution in [1.82, 2.24) is 15.0 Å². The fraction of sp³-hybridized carbons (Fsp3) is 0.111. The minimum Gasteiger partial charge on any atom is -0.277 e. The number of sulfonamides is 1. The molecular formula is C9H7Br2N5O4S. The summed E-state index contributed by atoms with van der Waals surface area (Å²) in [5.41, 5.74) is -0.199. The van der Waals surface area contributed by atoms with Gasteiger partial charge in [-0.15, -0.1) is 5.10 Å². The lowest BCUT2D eigenvalue weighted by Gasteiger charge is -2.09. The molecule has 0 aliphatic heterocycles. The molecule has 0 aliphatic carbocycles. The first kappa shape index (κ1) is 15.9. The number of benzene rings is 1. The highest BCUT2D eigenvalue weighted by Crippen LogP contribution is 2.30. The predicted octanol–water partition coefficient (Wildman–Crippen LogP) is 2.05. The van der Waals surface area contributed by atoms with Gasteiger partial charge < -0.3 is 0 Å². The van der Waals surface area contributed by atoms with Crippen LogP contribution in [0, 0.1) is 10.1 Å². The lowest BCUT2D eigenvalue weighted by molar-refractivity contribution is -0.384. The molecule has 0 fully saturated rings. The SMILES string of the molecule is Cn1nnc(Br)c1S(=O)(=O)Nc1cc([N+](=O)[O-])ccc1Br. The summed E-state index contributed by atoms with van der Waals surface area (Å²) in [6.45, 7) is 0. The number of rotatable bonds is 4. The monoisotopic (exact) mass is 439 g/mol. The predicted molar refractivity (Wildman–Crippen MR) is 80.3 cm³/mol. The van der Waals surface area contributed by atoms with Crippen LogP contribution in [0.4, 0.5) is 11.4 Å². The van der Waals surface area contributed by atoms with E-state index in [-0.39, 0.29) is 21.0 Å². The van der Waals surface area contributed by atoms with Crippen LogP contribution in [-0.2, 0) is 17.1 Å². The Morgan fingerprint density at radius 2 is 2.05 bits per heavy atom. The number of nitro benzene ring substituents is 1. The van der Waals surface area contributed by atoms with Crippen molar-refractivity contribution in [3.05, 3.63) is 37.4 Å². The maximum atomic E-state index is 12.3. The zero-order chi connectivity index (χ0) is 15.8. The quantitative estimate of drug-likeness (QED) is 0.573. The molecule has 1 N–H and O–H groups in total. The molecule has 1 aromatic heterocycles. The number of hydrogen-bond donors (Lipinski definition) is 1. The average molecular weight is 441 g/mol. The molecule has 0 unspecified atom stereocenters. The third kappa shape index (κ3) is 3.22. The molecule has 0 radical (unpaired) electrons. The summed E-state index contributed by atoms with van der Waals surface area (Å²) >= 11 is 6.12. The fourth-order valence-electron chi connectivity index (χ4n) is 1.51. The van der Waals surface area contributed by atoms with Crippen molar-refractivity contribution in [2.24, 2.45) is 7.05 Å². The Kier molecular flexibility index (Phi) is 4.30. The molecule has 0 saturated carbocycles. The second-order valence-electron chi connectivity index (χ2n) is 3.84. The van der Waals surface area contributed by atoms with E-state index in [0.717, 1.165) is 10.7 Å². The van der Waals surface area contributed by atoms with Crippen LogP contribution in [0.5, 0.6) is 0 Å². The molecule has 2 rings (SSSR count). The highest BCUT2D eigenvalue weighted by Gasteiger charge is 2.25. The third-order valence-electron chi connectivity index (χ3n) is 2.40. The maximum absolute atomic E-state index is 12.3. The Morgan fingerprint density at radius 1 is 1.38 bits per heavy atom. The van der Waals surface area contributed by atoms with Crippen molar-refractivity contribution < 1.29 is 13.3 Å². The van der Waals surface area contributed by atoms with Crippen LogP contribution in [0.15, 0.2) is 32.3 Å². The minimum absolute atomic E-state index is 0.0392. The van der Waals surface area contributed by atoms with Gasteiger partial charge in [0.15, 0.2) is 4.60 Å². The van der Waals surface area contributed by atoms with Gasteiger partial charge in [-0.05, 0) is 37.9 Å². The number of nitro groups is 1. The number of hydrogen-bond acceptors (Lipinski definition) is 6. The van der Waals surface area contributed by atoms with Crippen LogP contribution >= 0.6 is 31.9 Å². The molecule has 1 heterocycles. The van der Waals surface area contributed by atoms with E-state index < -0.39 is 14.9 Å². The number of nitrogens with zero attached hydrogens (tertiary/aromatic N) is 4. The smallest absolute Gasteiger partial charge is 0.277 e. The standard InChI is InChI=1S/C9H7Br2N5O4S/c1-15-9(8(11)12-14-15)21(19,20)13-7-4-5(16(17)18)2-3-6(7)10/h2-4,13H,1H3. The number of halogens is 2. The van der Waals surface area contributed by atoms with Crippen LogP contribution in [0.1, 0.15) is 0 Å². The maximum Gasteiger partial charge on any atom is 0.281 e. The summed E-state index contributed by atoms with van der Waals surface area (Å²) in [6.07, 6.45) is 0. The van der Waals surface area contributed by atoms with Gasteiger partial charge in [0.2, 0.25) is 5.03 Å². The first-order valence-electron chi connectivity index (χ1n) is 5.24. The van der Waals surface area contributed by atoms with Crippen molar-refractivity contribution in [1.29, 1.82) is 0 Å². The first-order chi connectivity index (χ1) is 9.72. The second-order valence-corrected chi connectivity index (χ2v) is 7.04.